The number of hydrazine groups is 1. The molecule has 1 saturated carbocycles. The van der Waals surface area contributed by atoms with E-state index < -0.39 is 10.0 Å². The van der Waals surface area contributed by atoms with Crippen LogP contribution in [0.3, 0.4) is 0 Å². The predicted octanol–water partition coefficient (Wildman–Crippen LogP) is 1.01. The van der Waals surface area contributed by atoms with Gasteiger partial charge in [0.1, 0.15) is 0 Å². The quantitative estimate of drug-likeness (QED) is 0.564. The molecule has 1 aliphatic carbocycles. The molecule has 1 fully saturated rings. The van der Waals surface area contributed by atoms with Gasteiger partial charge in [-0.2, -0.15) is 4.98 Å². The summed E-state index contributed by atoms with van der Waals surface area (Å²) < 4.78 is 29.1. The number of fused-ring (bicyclic) bond motifs is 1. The number of nitrogens with zero attached hydrogens (tertiary/aromatic N) is 2. The molecule has 0 bridgehead atoms. The van der Waals surface area contributed by atoms with E-state index in [4.69, 9.17) is 5.84 Å². The summed E-state index contributed by atoms with van der Waals surface area (Å²) in [5.74, 6) is 5.92. The van der Waals surface area contributed by atoms with Gasteiger partial charge in [0.2, 0.25) is 5.03 Å². The number of rotatable bonds is 5. The van der Waals surface area contributed by atoms with Crippen molar-refractivity contribution in [1.29, 1.82) is 0 Å². The van der Waals surface area contributed by atoms with Crippen LogP contribution in [-0.4, -0.2) is 24.3 Å². The highest BCUT2D eigenvalue weighted by Crippen LogP contribution is 2.51. The number of thiazole rings is 1. The van der Waals surface area contributed by atoms with E-state index in [0.29, 0.717) is 17.4 Å². The first-order valence-corrected chi connectivity index (χ1v) is 8.63. The number of nitrogen functional groups attached to an aromatic ring is 1. The Hall–Kier alpha value is -1.16. The Labute approximate surface area is 121 Å². The van der Waals surface area contributed by atoms with Crippen molar-refractivity contribution in [2.45, 2.75) is 25.3 Å². The van der Waals surface area contributed by atoms with Gasteiger partial charge in [-0.05, 0) is 17.8 Å². The normalized spacial score (nSPS) is 21.2. The molecule has 0 aliphatic heterocycles. The lowest BCUT2D eigenvalue weighted by atomic mass is 10.1. The highest BCUT2D eigenvalue weighted by molar-refractivity contribution is 7.89. The maximum Gasteiger partial charge on any atom is 0.260 e. The van der Waals surface area contributed by atoms with Crippen LogP contribution < -0.4 is 16.0 Å². The lowest BCUT2D eigenvalue weighted by Crippen LogP contribution is -2.29. The van der Waals surface area contributed by atoms with Crippen LogP contribution in [0.25, 0.3) is 4.96 Å². The Balaban J connectivity index is 1.90. The molecule has 3 rings (SSSR count). The second-order valence-corrected chi connectivity index (χ2v) is 8.26. The highest BCUT2D eigenvalue weighted by Gasteiger charge is 2.45. The number of imidazole rings is 1. The zero-order valence-electron chi connectivity index (χ0n) is 11.3. The van der Waals surface area contributed by atoms with E-state index in [1.165, 1.54) is 15.7 Å². The highest BCUT2D eigenvalue weighted by atomic mass is 32.2. The molecule has 2 aromatic rings. The summed E-state index contributed by atoms with van der Waals surface area (Å²) in [5, 5.41) is 1.85. The van der Waals surface area contributed by atoms with Crippen LogP contribution in [0.2, 0.25) is 0 Å². The van der Waals surface area contributed by atoms with Crippen LogP contribution in [0.4, 0.5) is 5.82 Å². The Morgan fingerprint density at radius 1 is 1.60 bits per heavy atom. The largest absolute Gasteiger partial charge is 0.306 e. The number of nitrogens with one attached hydrogen (secondary N) is 2. The maximum absolute atomic E-state index is 12.5. The van der Waals surface area contributed by atoms with Crippen LogP contribution >= 0.6 is 11.3 Å². The van der Waals surface area contributed by atoms with E-state index in [1.807, 2.05) is 0 Å². The summed E-state index contributed by atoms with van der Waals surface area (Å²) in [7, 11) is -3.65. The Morgan fingerprint density at radius 3 is 2.90 bits per heavy atom. The molecule has 2 aromatic heterocycles. The molecule has 0 saturated heterocycles. The average molecular weight is 315 g/mol. The van der Waals surface area contributed by atoms with Crippen molar-refractivity contribution in [2.24, 2.45) is 17.2 Å². The topological polar surface area (TPSA) is 102 Å². The first-order chi connectivity index (χ1) is 9.35. The molecule has 0 radical (unpaired) electrons. The molecular formula is C11H17N5O2S2. The van der Waals surface area contributed by atoms with Crippen LogP contribution in [0.1, 0.15) is 20.3 Å². The molecule has 2 heterocycles. The van der Waals surface area contributed by atoms with Crippen molar-refractivity contribution in [2.75, 3.05) is 12.0 Å². The predicted molar refractivity (Wildman–Crippen MR) is 78.0 cm³/mol. The molecule has 0 aromatic carbocycles. The standard InChI is InChI=1S/C11H17N5O2S2/c1-11(2)5-7(11)6-13-20(17,18)9-8(15-12)14-10-16(9)3-4-19-10/h3-4,7,13,15H,5-6,12H2,1-2H3. The third kappa shape index (κ3) is 2.20. The monoisotopic (exact) mass is 315 g/mol. The molecule has 0 amide bonds. The molecule has 0 spiro atoms. The van der Waals surface area contributed by atoms with Crippen molar-refractivity contribution >= 4 is 32.1 Å². The molecule has 1 unspecified atom stereocenters. The van der Waals surface area contributed by atoms with Gasteiger partial charge in [-0.15, -0.1) is 11.3 Å². The minimum atomic E-state index is -3.65. The number of sulfonamides is 1. The summed E-state index contributed by atoms with van der Waals surface area (Å²) in [6, 6.07) is 0. The maximum atomic E-state index is 12.5. The van der Waals surface area contributed by atoms with E-state index in [9.17, 15) is 8.42 Å². The van der Waals surface area contributed by atoms with Gasteiger partial charge in [0.25, 0.3) is 10.0 Å². The summed E-state index contributed by atoms with van der Waals surface area (Å²) >= 11 is 1.35. The van der Waals surface area contributed by atoms with Gasteiger partial charge >= 0.3 is 0 Å². The number of hydrogen-bond donors (Lipinski definition) is 3. The van der Waals surface area contributed by atoms with Gasteiger partial charge in [0.15, 0.2) is 10.8 Å². The zero-order chi connectivity index (χ0) is 14.5. The van der Waals surface area contributed by atoms with Gasteiger partial charge in [-0.1, -0.05) is 13.8 Å². The van der Waals surface area contributed by atoms with Gasteiger partial charge < -0.3 is 5.43 Å². The van der Waals surface area contributed by atoms with E-state index in [2.05, 4.69) is 29.0 Å². The molecule has 9 heteroatoms. The molecule has 1 aliphatic rings. The molecule has 4 N–H and O–H groups in total. The first kappa shape index (κ1) is 13.8. The molecule has 20 heavy (non-hydrogen) atoms. The SMILES string of the molecule is CC1(C)CC1CNS(=O)(=O)c1c(NN)nc2sccn12. The van der Waals surface area contributed by atoms with Crippen LogP contribution in [0, 0.1) is 11.3 Å². The first-order valence-electron chi connectivity index (χ1n) is 6.27. The number of aromatic nitrogens is 2. The van der Waals surface area contributed by atoms with E-state index in [-0.39, 0.29) is 16.3 Å². The number of nitrogens with two attached hydrogens (primary N) is 1. The zero-order valence-corrected chi connectivity index (χ0v) is 12.9. The fourth-order valence-corrected chi connectivity index (χ4v) is 4.41. The van der Waals surface area contributed by atoms with Crippen molar-refractivity contribution < 1.29 is 8.42 Å². The number of hydrogen-bond acceptors (Lipinski definition) is 6. The summed E-state index contributed by atoms with van der Waals surface area (Å²) in [5.41, 5.74) is 2.58. The number of anilines is 1. The molecule has 7 nitrogen and oxygen atoms in total. The molecular weight excluding hydrogens is 298 g/mol. The van der Waals surface area contributed by atoms with E-state index in [0.717, 1.165) is 6.42 Å². The van der Waals surface area contributed by atoms with Crippen LogP contribution in [-0.2, 0) is 10.0 Å². The van der Waals surface area contributed by atoms with Gasteiger partial charge in [-0.25, -0.2) is 19.0 Å². The lowest BCUT2D eigenvalue weighted by Gasteiger charge is -2.08. The fraction of sp³-hybridized carbons (Fsp3) is 0.545. The molecule has 110 valence electrons. The van der Waals surface area contributed by atoms with Crippen molar-refractivity contribution in [3.63, 3.8) is 0 Å². The average Bonchev–Trinajstić information content (AvgIpc) is 2.74. The third-order valence-electron chi connectivity index (χ3n) is 3.85. The van der Waals surface area contributed by atoms with Crippen LogP contribution in [0.5, 0.6) is 0 Å². The summed E-state index contributed by atoms with van der Waals surface area (Å²) in [6.07, 6.45) is 2.71. The van der Waals surface area contributed by atoms with Gasteiger partial charge in [0, 0.05) is 18.1 Å². The Morgan fingerprint density at radius 2 is 2.30 bits per heavy atom. The van der Waals surface area contributed by atoms with E-state index in [1.54, 1.807) is 11.6 Å². The Kier molecular flexibility index (Phi) is 3.05. The smallest absolute Gasteiger partial charge is 0.260 e. The summed E-state index contributed by atoms with van der Waals surface area (Å²) in [4.78, 5) is 4.74. The summed E-state index contributed by atoms with van der Waals surface area (Å²) in [6.45, 7) is 4.71. The van der Waals surface area contributed by atoms with Crippen molar-refractivity contribution in [3.05, 3.63) is 11.6 Å². The van der Waals surface area contributed by atoms with Gasteiger partial charge in [-0.3, -0.25) is 4.40 Å². The van der Waals surface area contributed by atoms with Crippen molar-refractivity contribution in [3.8, 4) is 0 Å². The molecule has 1 atom stereocenters. The minimum Gasteiger partial charge on any atom is -0.306 e. The van der Waals surface area contributed by atoms with Crippen LogP contribution in [0.15, 0.2) is 16.6 Å². The van der Waals surface area contributed by atoms with E-state index >= 15 is 0 Å². The van der Waals surface area contributed by atoms with Gasteiger partial charge in [0.05, 0.1) is 0 Å². The lowest BCUT2D eigenvalue weighted by molar-refractivity contribution is 0.536. The second kappa shape index (κ2) is 4.42. The fourth-order valence-electron chi connectivity index (χ4n) is 2.32. The Bertz CT molecular complexity index is 746. The second-order valence-electron chi connectivity index (χ2n) is 5.71. The third-order valence-corrected chi connectivity index (χ3v) is 6.05. The van der Waals surface area contributed by atoms with Crippen molar-refractivity contribution in [1.82, 2.24) is 14.1 Å². The minimum absolute atomic E-state index is 0.0645.